The Hall–Kier alpha value is -4.50. The minimum Gasteiger partial charge on any atom is -0.308 e. The van der Waals surface area contributed by atoms with Crippen LogP contribution in [0, 0.1) is 0 Å². The molecule has 0 spiro atoms. The summed E-state index contributed by atoms with van der Waals surface area (Å²) in [7, 11) is 0. The molecule has 37 heavy (non-hydrogen) atoms. The molecule has 0 bridgehead atoms. The van der Waals surface area contributed by atoms with Gasteiger partial charge in [-0.3, -0.25) is 9.59 Å². The van der Waals surface area contributed by atoms with Crippen molar-refractivity contribution in [3.8, 4) is 11.1 Å². The summed E-state index contributed by atoms with van der Waals surface area (Å²) in [6.45, 7) is 0. The fraction of sp³-hybridized carbons (Fsp3) is 0.118. The summed E-state index contributed by atoms with van der Waals surface area (Å²) in [5.41, 5.74) is 9.79. The van der Waals surface area contributed by atoms with E-state index in [-0.39, 0.29) is 11.6 Å². The van der Waals surface area contributed by atoms with Crippen molar-refractivity contribution in [2.75, 3.05) is 0 Å². The average Bonchev–Trinajstić information content (AvgIpc) is 3.39. The molecule has 3 aromatic heterocycles. The number of carbonyl (C=O) groups is 2. The largest absolute Gasteiger partial charge is 0.308 e. The van der Waals surface area contributed by atoms with Crippen molar-refractivity contribution in [1.29, 1.82) is 0 Å². The lowest BCUT2D eigenvalue weighted by Gasteiger charge is -2.10. The van der Waals surface area contributed by atoms with Crippen LogP contribution < -0.4 is 0 Å². The van der Waals surface area contributed by atoms with Gasteiger partial charge in [0.2, 0.25) is 0 Å². The summed E-state index contributed by atoms with van der Waals surface area (Å²) < 4.78 is 2.23. The quantitative estimate of drug-likeness (QED) is 0.240. The number of benzene rings is 3. The maximum absolute atomic E-state index is 14.3. The number of rotatable bonds is 5. The van der Waals surface area contributed by atoms with Gasteiger partial charge >= 0.3 is 0 Å². The first-order valence-corrected chi connectivity index (χ1v) is 12.9. The van der Waals surface area contributed by atoms with Crippen molar-refractivity contribution < 1.29 is 9.59 Å². The Morgan fingerprint density at radius 2 is 1.14 bits per heavy atom. The number of pyridine rings is 1. The van der Waals surface area contributed by atoms with Gasteiger partial charge in [-0.2, -0.15) is 0 Å². The van der Waals surface area contributed by atoms with Crippen LogP contribution in [0.15, 0.2) is 103 Å². The van der Waals surface area contributed by atoms with Crippen LogP contribution in [0.1, 0.15) is 55.8 Å². The molecule has 0 fully saturated rings. The summed E-state index contributed by atoms with van der Waals surface area (Å²) in [6, 6.07) is 33.2. The maximum Gasteiger partial charge on any atom is 0.195 e. The van der Waals surface area contributed by atoms with Crippen LogP contribution in [-0.2, 0) is 12.8 Å². The van der Waals surface area contributed by atoms with Crippen LogP contribution in [-0.4, -0.2) is 16.0 Å². The fourth-order valence-electron chi connectivity index (χ4n) is 6.11. The van der Waals surface area contributed by atoms with Gasteiger partial charge < -0.3 is 4.40 Å². The number of ketones is 2. The third kappa shape index (κ3) is 3.27. The van der Waals surface area contributed by atoms with Gasteiger partial charge in [0.25, 0.3) is 0 Å². The number of aryl methyl sites for hydroxylation is 2. The lowest BCUT2D eigenvalue weighted by molar-refractivity contribution is 0.101. The van der Waals surface area contributed by atoms with Gasteiger partial charge in [-0.15, -0.1) is 0 Å². The molecule has 0 amide bonds. The Balaban J connectivity index is 1.67. The van der Waals surface area contributed by atoms with E-state index in [1.165, 1.54) is 16.6 Å². The molecule has 1 aliphatic rings. The zero-order valence-electron chi connectivity index (χ0n) is 20.4. The lowest BCUT2D eigenvalue weighted by Crippen LogP contribution is -2.10. The third-order valence-corrected chi connectivity index (χ3v) is 7.71. The number of nitrogens with zero attached hydrogens (tertiary/aromatic N) is 1. The Bertz CT molecular complexity index is 1780. The molecule has 0 saturated heterocycles. The molecule has 0 atom stereocenters. The zero-order chi connectivity index (χ0) is 24.9. The summed E-state index contributed by atoms with van der Waals surface area (Å²) in [4.78, 5) is 28.5. The minimum absolute atomic E-state index is 0.113. The molecule has 3 nitrogen and oxygen atoms in total. The van der Waals surface area contributed by atoms with Gasteiger partial charge in [-0.1, -0.05) is 97.1 Å². The molecule has 0 N–H and O–H groups in total. The van der Waals surface area contributed by atoms with Crippen molar-refractivity contribution in [2.45, 2.75) is 25.7 Å². The number of aromatic nitrogens is 1. The van der Waals surface area contributed by atoms with E-state index >= 15 is 0 Å². The van der Waals surface area contributed by atoms with E-state index < -0.39 is 0 Å². The molecule has 3 heterocycles. The molecule has 3 heteroatoms. The number of hydrogen-bond acceptors (Lipinski definition) is 2. The van der Waals surface area contributed by atoms with Crippen molar-refractivity contribution in [3.05, 3.63) is 137 Å². The fourth-order valence-corrected chi connectivity index (χ4v) is 6.11. The lowest BCUT2D eigenvalue weighted by atomic mass is 9.90. The van der Waals surface area contributed by atoms with Crippen LogP contribution in [0.3, 0.4) is 0 Å². The first kappa shape index (κ1) is 21.8. The third-order valence-electron chi connectivity index (χ3n) is 7.71. The van der Waals surface area contributed by atoms with E-state index in [1.807, 2.05) is 78.9 Å². The van der Waals surface area contributed by atoms with Crippen molar-refractivity contribution >= 4 is 28.1 Å². The van der Waals surface area contributed by atoms with Gasteiger partial charge in [-0.05, 0) is 48.4 Å². The van der Waals surface area contributed by atoms with E-state index in [4.69, 9.17) is 0 Å². The summed E-state index contributed by atoms with van der Waals surface area (Å²) in [6.07, 6.45) is 4.19. The van der Waals surface area contributed by atoms with Crippen molar-refractivity contribution in [3.63, 3.8) is 0 Å². The molecule has 3 aromatic carbocycles. The van der Waals surface area contributed by atoms with Crippen LogP contribution in [0.25, 0.3) is 27.7 Å². The molecule has 6 aromatic rings. The second-order valence-corrected chi connectivity index (χ2v) is 9.84. The Kier molecular flexibility index (Phi) is 5.03. The second kappa shape index (κ2) is 8.56. The highest BCUT2D eigenvalue weighted by molar-refractivity contribution is 6.28. The van der Waals surface area contributed by atoms with Gasteiger partial charge in [0.15, 0.2) is 11.6 Å². The van der Waals surface area contributed by atoms with E-state index in [0.29, 0.717) is 22.3 Å². The Morgan fingerprint density at radius 3 is 1.78 bits per heavy atom. The highest BCUT2D eigenvalue weighted by Crippen LogP contribution is 2.45. The normalized spacial score (nSPS) is 13.2. The van der Waals surface area contributed by atoms with Crippen LogP contribution in [0.5, 0.6) is 0 Å². The smallest absolute Gasteiger partial charge is 0.195 e. The first-order valence-electron chi connectivity index (χ1n) is 12.9. The first-order chi connectivity index (χ1) is 18.2. The molecule has 178 valence electrons. The summed E-state index contributed by atoms with van der Waals surface area (Å²) in [5, 5.41) is 0. The van der Waals surface area contributed by atoms with Crippen LogP contribution in [0.4, 0.5) is 0 Å². The molecule has 1 aliphatic carbocycles. The number of carbonyl (C=O) groups excluding carboxylic acids is 2. The van der Waals surface area contributed by atoms with Crippen molar-refractivity contribution in [1.82, 2.24) is 4.40 Å². The Morgan fingerprint density at radius 1 is 0.568 bits per heavy atom. The predicted octanol–water partition coefficient (Wildman–Crippen LogP) is 7.54. The van der Waals surface area contributed by atoms with Gasteiger partial charge in [-0.25, -0.2) is 0 Å². The predicted molar refractivity (Wildman–Crippen MR) is 148 cm³/mol. The zero-order valence-corrected chi connectivity index (χ0v) is 20.4. The number of hydrogen-bond donors (Lipinski definition) is 0. The van der Waals surface area contributed by atoms with Crippen molar-refractivity contribution in [2.24, 2.45) is 0 Å². The monoisotopic (exact) mass is 479 g/mol. The molecule has 0 unspecified atom stereocenters. The molecule has 0 aliphatic heterocycles. The Labute approximate surface area is 215 Å². The second-order valence-electron chi connectivity index (χ2n) is 9.84. The van der Waals surface area contributed by atoms with Gasteiger partial charge in [0, 0.05) is 16.7 Å². The molecule has 7 rings (SSSR count). The maximum atomic E-state index is 14.3. The van der Waals surface area contributed by atoms with Gasteiger partial charge in [0.05, 0.1) is 27.7 Å². The summed E-state index contributed by atoms with van der Waals surface area (Å²) in [5.74, 6) is -0.231. The van der Waals surface area contributed by atoms with E-state index in [9.17, 15) is 9.59 Å². The topological polar surface area (TPSA) is 38.5 Å². The average molecular weight is 480 g/mol. The van der Waals surface area contributed by atoms with E-state index in [1.54, 1.807) is 0 Å². The van der Waals surface area contributed by atoms with Crippen LogP contribution >= 0.6 is 0 Å². The van der Waals surface area contributed by atoms with E-state index in [2.05, 4.69) is 28.7 Å². The summed E-state index contributed by atoms with van der Waals surface area (Å²) >= 11 is 0. The minimum atomic E-state index is -0.118. The molecular weight excluding hydrogens is 454 g/mol. The van der Waals surface area contributed by atoms with Gasteiger partial charge in [0.1, 0.15) is 0 Å². The SMILES string of the molecule is O=C(c1ccccc1)c1c(C(=O)c2ccccc2)c2c(-c3ccccc3)c3c4c(ccc1n42)CCCC3. The van der Waals surface area contributed by atoms with E-state index in [0.717, 1.165) is 47.8 Å². The molecule has 0 radical (unpaired) electrons. The van der Waals surface area contributed by atoms with Crippen LogP contribution in [0.2, 0.25) is 0 Å². The standard InChI is InChI=1S/C34H25NO2/c36-33(24-15-6-2-7-16-24)29-27-21-20-23-14-10-11-19-26-28(22-12-4-1-5-13-22)32(35(27)31(23)26)30(29)34(37)25-17-8-3-9-18-25/h1-9,12-13,15-18,20-21H,10-11,14,19H2. The highest BCUT2D eigenvalue weighted by Gasteiger charge is 2.34. The molecular formula is C34H25NO2. The molecule has 0 saturated carbocycles. The highest BCUT2D eigenvalue weighted by atomic mass is 16.1.